The van der Waals surface area contributed by atoms with E-state index in [0.29, 0.717) is 0 Å². The molecule has 1 aromatic heterocycles. The number of nitrogens with zero attached hydrogens (tertiary/aromatic N) is 2. The fourth-order valence-corrected chi connectivity index (χ4v) is 2.22. The van der Waals surface area contributed by atoms with Crippen LogP contribution >= 0.6 is 0 Å². The molecule has 1 heterocycles. The topological polar surface area (TPSA) is 63.8 Å². The molecule has 0 saturated heterocycles. The third-order valence-electron chi connectivity index (χ3n) is 3.36. The zero-order valence-corrected chi connectivity index (χ0v) is 11.2. The second-order valence-electron chi connectivity index (χ2n) is 4.81. The number of fused-ring (bicyclic) bond motifs is 1. The van der Waals surface area contributed by atoms with Gasteiger partial charge >= 0.3 is 0 Å². The molecule has 0 aliphatic rings. The molecule has 3 N–H and O–H groups in total. The Hall–Kier alpha value is -2.62. The molecule has 3 rings (SSSR count). The minimum absolute atomic E-state index is 0.170. The molecule has 4 heteroatoms. The number of rotatable bonds is 3. The molecule has 0 aliphatic carbocycles. The molecule has 4 nitrogen and oxygen atoms in total. The Morgan fingerprint density at radius 3 is 2.60 bits per heavy atom. The summed E-state index contributed by atoms with van der Waals surface area (Å²) in [6.07, 6.45) is 1.76. The Morgan fingerprint density at radius 1 is 1.05 bits per heavy atom. The van der Waals surface area contributed by atoms with Crippen LogP contribution in [-0.4, -0.2) is 10.2 Å². The van der Waals surface area contributed by atoms with E-state index in [1.165, 1.54) is 5.56 Å². The van der Waals surface area contributed by atoms with Crippen LogP contribution in [0.15, 0.2) is 54.7 Å². The maximum atomic E-state index is 5.72. The first kappa shape index (κ1) is 12.4. The van der Waals surface area contributed by atoms with Gasteiger partial charge in [-0.1, -0.05) is 30.3 Å². The average molecular weight is 264 g/mol. The summed E-state index contributed by atoms with van der Waals surface area (Å²) in [4.78, 5) is 0. The summed E-state index contributed by atoms with van der Waals surface area (Å²) in [5.41, 5.74) is 9.55. The zero-order valence-electron chi connectivity index (χ0n) is 11.2. The van der Waals surface area contributed by atoms with Crippen LogP contribution in [0.3, 0.4) is 0 Å². The molecule has 0 fully saturated rings. The normalized spacial score (nSPS) is 12.2. The second-order valence-corrected chi connectivity index (χ2v) is 4.81. The molecular weight excluding hydrogens is 248 g/mol. The van der Waals surface area contributed by atoms with Crippen molar-refractivity contribution in [2.24, 2.45) is 0 Å². The Morgan fingerprint density at radius 2 is 1.80 bits per heavy atom. The first-order chi connectivity index (χ1) is 9.74. The lowest BCUT2D eigenvalue weighted by molar-refractivity contribution is 0.883. The number of nitrogen functional groups attached to an aromatic ring is 1. The molecule has 0 spiro atoms. The SMILES string of the molecule is CC(Nc1cnnc2ccccc12)c1ccc(N)cc1. The van der Waals surface area contributed by atoms with Gasteiger partial charge in [-0.05, 0) is 30.7 Å². The van der Waals surface area contributed by atoms with Gasteiger partial charge in [0, 0.05) is 17.1 Å². The largest absolute Gasteiger partial charge is 0.399 e. The van der Waals surface area contributed by atoms with E-state index in [4.69, 9.17) is 5.73 Å². The molecule has 0 bridgehead atoms. The van der Waals surface area contributed by atoms with E-state index < -0.39 is 0 Å². The smallest absolute Gasteiger partial charge is 0.0950 e. The van der Waals surface area contributed by atoms with Gasteiger partial charge in [0.2, 0.25) is 0 Å². The Balaban J connectivity index is 1.91. The number of hydrogen-bond acceptors (Lipinski definition) is 4. The molecule has 1 atom stereocenters. The molecule has 2 aromatic carbocycles. The van der Waals surface area contributed by atoms with Crippen molar-refractivity contribution >= 4 is 22.3 Å². The summed E-state index contributed by atoms with van der Waals surface area (Å²) in [6.45, 7) is 2.11. The summed E-state index contributed by atoms with van der Waals surface area (Å²) in [7, 11) is 0. The Labute approximate surface area is 117 Å². The van der Waals surface area contributed by atoms with Crippen molar-refractivity contribution in [3.8, 4) is 0 Å². The lowest BCUT2D eigenvalue weighted by atomic mass is 10.1. The van der Waals surface area contributed by atoms with E-state index in [0.717, 1.165) is 22.3 Å². The van der Waals surface area contributed by atoms with Gasteiger partial charge in [0.15, 0.2) is 0 Å². The first-order valence-corrected chi connectivity index (χ1v) is 6.56. The van der Waals surface area contributed by atoms with E-state index in [9.17, 15) is 0 Å². The van der Waals surface area contributed by atoms with Crippen molar-refractivity contribution in [3.63, 3.8) is 0 Å². The van der Waals surface area contributed by atoms with Crippen LogP contribution in [0.25, 0.3) is 10.9 Å². The number of benzene rings is 2. The van der Waals surface area contributed by atoms with Crippen LogP contribution in [0.5, 0.6) is 0 Å². The first-order valence-electron chi connectivity index (χ1n) is 6.56. The highest BCUT2D eigenvalue weighted by Gasteiger charge is 2.08. The van der Waals surface area contributed by atoms with Crippen LogP contribution in [0.1, 0.15) is 18.5 Å². The molecule has 100 valence electrons. The molecule has 0 radical (unpaired) electrons. The second kappa shape index (κ2) is 5.17. The van der Waals surface area contributed by atoms with E-state index in [-0.39, 0.29) is 6.04 Å². The van der Waals surface area contributed by atoms with Crippen molar-refractivity contribution in [2.45, 2.75) is 13.0 Å². The quantitative estimate of drug-likeness (QED) is 0.712. The van der Waals surface area contributed by atoms with E-state index >= 15 is 0 Å². The van der Waals surface area contributed by atoms with E-state index in [1.54, 1.807) is 6.20 Å². The van der Waals surface area contributed by atoms with Crippen LogP contribution in [0, 0.1) is 0 Å². The summed E-state index contributed by atoms with van der Waals surface area (Å²) >= 11 is 0. The zero-order chi connectivity index (χ0) is 13.9. The maximum absolute atomic E-state index is 5.72. The Bertz CT molecular complexity index is 717. The van der Waals surface area contributed by atoms with Gasteiger partial charge in [-0.3, -0.25) is 0 Å². The minimum Gasteiger partial charge on any atom is -0.399 e. The van der Waals surface area contributed by atoms with Crippen molar-refractivity contribution in [2.75, 3.05) is 11.1 Å². The maximum Gasteiger partial charge on any atom is 0.0950 e. The van der Waals surface area contributed by atoms with Gasteiger partial charge in [-0.25, -0.2) is 0 Å². The lowest BCUT2D eigenvalue weighted by Gasteiger charge is -2.16. The third-order valence-corrected chi connectivity index (χ3v) is 3.36. The standard InChI is InChI=1S/C16H16N4/c1-11(12-6-8-13(17)9-7-12)19-16-10-18-20-15-5-3-2-4-14(15)16/h2-11H,17H2,1H3,(H,19,20). The minimum atomic E-state index is 0.170. The summed E-state index contributed by atoms with van der Waals surface area (Å²) in [5.74, 6) is 0. The molecule has 20 heavy (non-hydrogen) atoms. The van der Waals surface area contributed by atoms with Gasteiger partial charge < -0.3 is 11.1 Å². The molecule has 0 amide bonds. The highest BCUT2D eigenvalue weighted by Crippen LogP contribution is 2.25. The van der Waals surface area contributed by atoms with Crippen LogP contribution in [0.2, 0.25) is 0 Å². The third kappa shape index (κ3) is 2.40. The fourth-order valence-electron chi connectivity index (χ4n) is 2.22. The number of anilines is 2. The highest BCUT2D eigenvalue weighted by atomic mass is 15.1. The van der Waals surface area contributed by atoms with Gasteiger partial charge in [0.1, 0.15) is 0 Å². The lowest BCUT2D eigenvalue weighted by Crippen LogP contribution is -2.07. The summed E-state index contributed by atoms with van der Waals surface area (Å²) in [5, 5.41) is 12.7. The van der Waals surface area contributed by atoms with Crippen molar-refractivity contribution in [1.29, 1.82) is 0 Å². The van der Waals surface area contributed by atoms with Gasteiger partial charge in [0.05, 0.1) is 17.4 Å². The van der Waals surface area contributed by atoms with Crippen molar-refractivity contribution in [1.82, 2.24) is 10.2 Å². The van der Waals surface area contributed by atoms with E-state index in [1.807, 2.05) is 48.5 Å². The van der Waals surface area contributed by atoms with Gasteiger partial charge in [-0.2, -0.15) is 10.2 Å². The Kier molecular flexibility index (Phi) is 3.21. The molecule has 1 unspecified atom stereocenters. The number of aromatic nitrogens is 2. The highest BCUT2D eigenvalue weighted by molar-refractivity contribution is 5.90. The van der Waals surface area contributed by atoms with Gasteiger partial charge in [0.25, 0.3) is 0 Å². The van der Waals surface area contributed by atoms with Crippen LogP contribution in [0.4, 0.5) is 11.4 Å². The predicted octanol–water partition coefficient (Wildman–Crippen LogP) is 3.39. The molecular formula is C16H16N4. The summed E-state index contributed by atoms with van der Waals surface area (Å²) < 4.78 is 0. The van der Waals surface area contributed by atoms with E-state index in [2.05, 4.69) is 22.4 Å². The molecule has 0 aliphatic heterocycles. The van der Waals surface area contributed by atoms with Crippen molar-refractivity contribution < 1.29 is 0 Å². The molecule has 3 aromatic rings. The van der Waals surface area contributed by atoms with Crippen LogP contribution < -0.4 is 11.1 Å². The number of nitrogens with two attached hydrogens (primary N) is 1. The monoisotopic (exact) mass is 264 g/mol. The van der Waals surface area contributed by atoms with Gasteiger partial charge in [-0.15, -0.1) is 0 Å². The number of nitrogens with one attached hydrogen (secondary N) is 1. The van der Waals surface area contributed by atoms with Crippen molar-refractivity contribution in [3.05, 3.63) is 60.3 Å². The fraction of sp³-hybridized carbons (Fsp3) is 0.125. The average Bonchev–Trinajstić information content (AvgIpc) is 2.48. The predicted molar refractivity (Wildman–Crippen MR) is 82.4 cm³/mol. The van der Waals surface area contributed by atoms with Crippen LogP contribution in [-0.2, 0) is 0 Å². The number of hydrogen-bond donors (Lipinski definition) is 2. The summed E-state index contributed by atoms with van der Waals surface area (Å²) in [6, 6.07) is 16.0. The molecule has 0 saturated carbocycles.